The van der Waals surface area contributed by atoms with Crippen LogP contribution in [0.2, 0.25) is 5.02 Å². The Bertz CT molecular complexity index is 1350. The molecule has 0 aliphatic heterocycles. The van der Waals surface area contributed by atoms with Crippen molar-refractivity contribution >= 4 is 34.2 Å². The third-order valence-electron chi connectivity index (χ3n) is 6.04. The van der Waals surface area contributed by atoms with Gasteiger partial charge in [0.05, 0.1) is 0 Å². The first-order valence-corrected chi connectivity index (χ1v) is 12.8. The fourth-order valence-electron chi connectivity index (χ4n) is 4.31. The Kier molecular flexibility index (Phi) is 8.81. The third-order valence-corrected chi connectivity index (χ3v) is 6.28. The van der Waals surface area contributed by atoms with Crippen LogP contribution in [-0.4, -0.2) is 35.4 Å². The average molecular weight is 515 g/mol. The van der Waals surface area contributed by atoms with Crippen LogP contribution in [0.4, 0.5) is 0 Å². The highest BCUT2D eigenvalue weighted by Gasteiger charge is 2.31. The zero-order valence-electron chi connectivity index (χ0n) is 21.1. The molecule has 0 saturated heterocycles. The van der Waals surface area contributed by atoms with Gasteiger partial charge in [-0.15, -0.1) is 0 Å². The molecule has 0 radical (unpaired) electrons. The Morgan fingerprint density at radius 2 is 1.54 bits per heavy atom. The van der Waals surface area contributed by atoms with Crippen LogP contribution in [-0.2, 0) is 22.6 Å². The number of fused-ring (bicyclic) bond motifs is 1. The van der Waals surface area contributed by atoms with Gasteiger partial charge >= 0.3 is 0 Å². The van der Waals surface area contributed by atoms with Gasteiger partial charge in [0, 0.05) is 29.4 Å². The van der Waals surface area contributed by atoms with Crippen molar-refractivity contribution in [3.8, 4) is 5.75 Å². The van der Waals surface area contributed by atoms with Crippen LogP contribution in [0.25, 0.3) is 10.8 Å². The minimum absolute atomic E-state index is 0.0687. The van der Waals surface area contributed by atoms with Crippen LogP contribution in [0.3, 0.4) is 0 Å². The number of nitrogens with one attached hydrogen (secondary N) is 1. The Morgan fingerprint density at radius 3 is 2.30 bits per heavy atom. The van der Waals surface area contributed by atoms with Crippen molar-refractivity contribution in [3.63, 3.8) is 0 Å². The molecule has 0 bridgehead atoms. The van der Waals surface area contributed by atoms with E-state index in [9.17, 15) is 9.59 Å². The molecule has 1 unspecified atom stereocenters. The smallest absolute Gasteiger partial charge is 0.261 e. The van der Waals surface area contributed by atoms with Crippen LogP contribution < -0.4 is 10.1 Å². The maximum atomic E-state index is 13.8. The van der Waals surface area contributed by atoms with E-state index >= 15 is 0 Å². The molecule has 190 valence electrons. The van der Waals surface area contributed by atoms with E-state index in [1.54, 1.807) is 11.0 Å². The van der Waals surface area contributed by atoms with E-state index in [1.807, 2.05) is 105 Å². The summed E-state index contributed by atoms with van der Waals surface area (Å²) in [6, 6.07) is 29.9. The standard InChI is InChI=1S/C31H31ClN2O3/c1-22(2)33-31(36)28(19-23-10-4-3-5-11-23)34(20-24-12-8-15-26(32)18-24)30(35)21-37-29-17-9-14-25-13-6-7-16-27(25)29/h3-18,22,28H,19-21H2,1-2H3,(H,33,36). The SMILES string of the molecule is CC(C)NC(=O)C(Cc1ccccc1)N(Cc1cccc(Cl)c1)C(=O)COc1cccc2ccccc12. The zero-order chi connectivity index (χ0) is 26.2. The van der Waals surface area contributed by atoms with Crippen molar-refractivity contribution in [1.82, 2.24) is 10.2 Å². The number of benzene rings is 4. The van der Waals surface area contributed by atoms with Gasteiger partial charge < -0.3 is 15.0 Å². The second-order valence-corrected chi connectivity index (χ2v) is 9.72. The van der Waals surface area contributed by atoms with E-state index in [1.165, 1.54) is 0 Å². The van der Waals surface area contributed by atoms with E-state index in [2.05, 4.69) is 5.32 Å². The van der Waals surface area contributed by atoms with Gasteiger partial charge in [0.15, 0.2) is 6.61 Å². The first kappa shape index (κ1) is 26.2. The summed E-state index contributed by atoms with van der Waals surface area (Å²) in [5.74, 6) is 0.132. The number of rotatable bonds is 10. The topological polar surface area (TPSA) is 58.6 Å². The lowest BCUT2D eigenvalue weighted by Gasteiger charge is -2.32. The van der Waals surface area contributed by atoms with Gasteiger partial charge in [0.2, 0.25) is 5.91 Å². The van der Waals surface area contributed by atoms with Crippen LogP contribution in [0.1, 0.15) is 25.0 Å². The van der Waals surface area contributed by atoms with Gasteiger partial charge in [-0.3, -0.25) is 9.59 Å². The molecule has 0 heterocycles. The number of carbonyl (C=O) groups excluding carboxylic acids is 2. The number of amides is 2. The Labute approximate surface area is 223 Å². The lowest BCUT2D eigenvalue weighted by molar-refractivity contribution is -0.143. The molecule has 0 saturated carbocycles. The maximum Gasteiger partial charge on any atom is 0.261 e. The van der Waals surface area contributed by atoms with Crippen LogP contribution in [0, 0.1) is 0 Å². The van der Waals surface area contributed by atoms with E-state index in [4.69, 9.17) is 16.3 Å². The molecule has 1 atom stereocenters. The molecule has 0 aliphatic rings. The molecule has 2 amide bonds. The molecule has 6 heteroatoms. The molecule has 4 aromatic carbocycles. The fourth-order valence-corrected chi connectivity index (χ4v) is 4.52. The summed E-state index contributed by atoms with van der Waals surface area (Å²) in [6.45, 7) is 3.84. The molecule has 4 aromatic rings. The molecular formula is C31H31ClN2O3. The fraction of sp³-hybridized carbons (Fsp3) is 0.226. The highest BCUT2D eigenvalue weighted by atomic mass is 35.5. The average Bonchev–Trinajstić information content (AvgIpc) is 2.89. The number of nitrogens with zero attached hydrogens (tertiary/aromatic N) is 1. The van der Waals surface area contributed by atoms with E-state index in [0.29, 0.717) is 17.2 Å². The molecule has 0 spiro atoms. The number of halogens is 1. The highest BCUT2D eigenvalue weighted by molar-refractivity contribution is 6.30. The van der Waals surface area contributed by atoms with Crippen LogP contribution in [0.5, 0.6) is 5.75 Å². The Balaban J connectivity index is 1.64. The van der Waals surface area contributed by atoms with Crippen LogP contribution >= 0.6 is 11.6 Å². The molecule has 5 nitrogen and oxygen atoms in total. The number of ether oxygens (including phenoxy) is 1. The second-order valence-electron chi connectivity index (χ2n) is 9.29. The third kappa shape index (κ3) is 7.11. The van der Waals surface area contributed by atoms with Gasteiger partial charge in [0.1, 0.15) is 11.8 Å². The maximum absolute atomic E-state index is 13.8. The molecule has 0 aliphatic carbocycles. The van der Waals surface area contributed by atoms with Crippen molar-refractivity contribution in [1.29, 1.82) is 0 Å². The van der Waals surface area contributed by atoms with Gasteiger partial charge in [-0.05, 0) is 48.6 Å². The largest absolute Gasteiger partial charge is 0.483 e. The van der Waals surface area contributed by atoms with Gasteiger partial charge in [-0.2, -0.15) is 0 Å². The predicted octanol–water partition coefficient (Wildman–Crippen LogP) is 6.04. The summed E-state index contributed by atoms with van der Waals surface area (Å²) in [4.78, 5) is 28.8. The lowest BCUT2D eigenvalue weighted by atomic mass is 10.0. The number of carbonyl (C=O) groups is 2. The van der Waals surface area contributed by atoms with Crippen molar-refractivity contribution in [3.05, 3.63) is 113 Å². The van der Waals surface area contributed by atoms with Gasteiger partial charge in [-0.1, -0.05) is 90.5 Å². The summed E-state index contributed by atoms with van der Waals surface area (Å²) in [5, 5.41) is 5.52. The molecule has 37 heavy (non-hydrogen) atoms. The van der Waals surface area contributed by atoms with Gasteiger partial charge in [-0.25, -0.2) is 0 Å². The number of hydrogen-bond acceptors (Lipinski definition) is 3. The highest BCUT2D eigenvalue weighted by Crippen LogP contribution is 2.25. The van der Waals surface area contributed by atoms with Crippen LogP contribution in [0.15, 0.2) is 97.1 Å². The summed E-state index contributed by atoms with van der Waals surface area (Å²) in [6.07, 6.45) is 0.375. The zero-order valence-corrected chi connectivity index (χ0v) is 21.8. The normalized spacial score (nSPS) is 11.8. The molecule has 0 fully saturated rings. The lowest BCUT2D eigenvalue weighted by Crippen LogP contribution is -2.52. The first-order chi connectivity index (χ1) is 17.9. The second kappa shape index (κ2) is 12.4. The van der Waals surface area contributed by atoms with E-state index in [0.717, 1.165) is 21.9 Å². The summed E-state index contributed by atoms with van der Waals surface area (Å²) >= 11 is 6.24. The molecule has 0 aromatic heterocycles. The summed E-state index contributed by atoms with van der Waals surface area (Å²) < 4.78 is 6.04. The van der Waals surface area contributed by atoms with Crippen molar-refractivity contribution in [2.75, 3.05) is 6.61 Å². The number of hydrogen-bond donors (Lipinski definition) is 1. The van der Waals surface area contributed by atoms with E-state index < -0.39 is 6.04 Å². The van der Waals surface area contributed by atoms with Crippen molar-refractivity contribution in [2.24, 2.45) is 0 Å². The van der Waals surface area contributed by atoms with Crippen molar-refractivity contribution < 1.29 is 14.3 Å². The first-order valence-electron chi connectivity index (χ1n) is 12.4. The monoisotopic (exact) mass is 514 g/mol. The minimum atomic E-state index is -0.729. The molecule has 1 N–H and O–H groups in total. The minimum Gasteiger partial charge on any atom is -0.483 e. The molecular weight excluding hydrogens is 484 g/mol. The Morgan fingerprint density at radius 1 is 0.865 bits per heavy atom. The van der Waals surface area contributed by atoms with Gasteiger partial charge in [0.25, 0.3) is 5.91 Å². The van der Waals surface area contributed by atoms with E-state index in [-0.39, 0.29) is 31.0 Å². The van der Waals surface area contributed by atoms with Crippen molar-refractivity contribution in [2.45, 2.75) is 38.9 Å². The summed E-state index contributed by atoms with van der Waals surface area (Å²) in [7, 11) is 0. The Hall–Kier alpha value is -3.83. The molecule has 4 rings (SSSR count). The quantitative estimate of drug-likeness (QED) is 0.281. The summed E-state index contributed by atoms with van der Waals surface area (Å²) in [5.41, 5.74) is 1.80. The predicted molar refractivity (Wildman–Crippen MR) is 149 cm³/mol.